The van der Waals surface area contributed by atoms with Crippen LogP contribution in [0.15, 0.2) is 48.5 Å². The molecule has 4 aromatic rings. The number of nitrogens with one attached hydrogen (secondary N) is 1. The highest BCUT2D eigenvalue weighted by atomic mass is 32.2. The lowest BCUT2D eigenvalue weighted by molar-refractivity contribution is 0.0977. The van der Waals surface area contributed by atoms with Crippen molar-refractivity contribution in [1.82, 2.24) is 19.5 Å². The van der Waals surface area contributed by atoms with E-state index in [1.54, 1.807) is 0 Å². The highest BCUT2D eigenvalue weighted by Crippen LogP contribution is 2.36. The molecule has 0 aliphatic carbocycles. The van der Waals surface area contributed by atoms with Gasteiger partial charge in [-0.25, -0.2) is 31.6 Å². The van der Waals surface area contributed by atoms with Gasteiger partial charge in [-0.15, -0.1) is 0 Å². The monoisotopic (exact) mass is 578 g/mol. The van der Waals surface area contributed by atoms with Crippen molar-refractivity contribution in [3.63, 3.8) is 0 Å². The molecule has 1 amide bonds. The van der Waals surface area contributed by atoms with Gasteiger partial charge in [-0.2, -0.15) is 10.4 Å². The molecule has 12 heteroatoms. The van der Waals surface area contributed by atoms with Crippen molar-refractivity contribution in [3.8, 4) is 22.9 Å². The summed E-state index contributed by atoms with van der Waals surface area (Å²) < 4.78 is 55.3. The Kier molecular flexibility index (Phi) is 7.48. The molecule has 1 saturated heterocycles. The van der Waals surface area contributed by atoms with Crippen LogP contribution in [0.2, 0.25) is 0 Å². The van der Waals surface area contributed by atoms with Crippen LogP contribution in [0.1, 0.15) is 48.8 Å². The molecule has 5 rings (SSSR count). The SMILES string of the molecule is CC(C)c1nn(-c2cc(F)cc(F)c2)c2nc(C(=O)NS(C)(=O)=O)cc(-c3ccc(N4CCC(C#N)CC4)cc3)c12. The van der Waals surface area contributed by atoms with E-state index in [0.717, 1.165) is 56.1 Å². The number of anilines is 1. The maximum absolute atomic E-state index is 14.2. The van der Waals surface area contributed by atoms with Gasteiger partial charge in [0.25, 0.3) is 5.91 Å². The van der Waals surface area contributed by atoms with Crippen molar-refractivity contribution in [1.29, 1.82) is 5.26 Å². The normalized spacial score (nSPS) is 14.4. The van der Waals surface area contributed by atoms with E-state index in [-0.39, 0.29) is 28.9 Å². The summed E-state index contributed by atoms with van der Waals surface area (Å²) in [5.41, 5.74) is 2.87. The number of amides is 1. The third-order valence-corrected chi connectivity index (χ3v) is 7.59. The van der Waals surface area contributed by atoms with Gasteiger partial charge in [0.15, 0.2) is 5.65 Å². The maximum atomic E-state index is 14.2. The number of sulfonamides is 1. The molecular formula is C29H28F2N6O3S. The van der Waals surface area contributed by atoms with Crippen LogP contribution < -0.4 is 9.62 Å². The van der Waals surface area contributed by atoms with Gasteiger partial charge in [0.2, 0.25) is 10.0 Å². The van der Waals surface area contributed by atoms with Crippen molar-refractivity contribution in [2.75, 3.05) is 24.2 Å². The third kappa shape index (κ3) is 5.90. The van der Waals surface area contributed by atoms with Crippen LogP contribution in [0.5, 0.6) is 0 Å². The van der Waals surface area contributed by atoms with E-state index in [9.17, 15) is 27.3 Å². The summed E-state index contributed by atoms with van der Waals surface area (Å²) >= 11 is 0. The summed E-state index contributed by atoms with van der Waals surface area (Å²) in [7, 11) is -3.89. The molecule has 0 unspecified atom stereocenters. The molecular weight excluding hydrogens is 550 g/mol. The number of pyridine rings is 1. The Morgan fingerprint density at radius 3 is 2.24 bits per heavy atom. The van der Waals surface area contributed by atoms with Crippen molar-refractivity contribution in [2.24, 2.45) is 5.92 Å². The minimum atomic E-state index is -3.89. The van der Waals surface area contributed by atoms with E-state index in [1.165, 1.54) is 10.7 Å². The van der Waals surface area contributed by atoms with Crippen LogP contribution in [0, 0.1) is 28.9 Å². The summed E-state index contributed by atoms with van der Waals surface area (Å²) in [5, 5.41) is 14.4. The molecule has 2 aromatic heterocycles. The minimum absolute atomic E-state index is 0.0599. The van der Waals surface area contributed by atoms with Gasteiger partial charge in [-0.05, 0) is 60.2 Å². The number of fused-ring (bicyclic) bond motifs is 1. The lowest BCUT2D eigenvalue weighted by Crippen LogP contribution is -2.33. The first-order valence-electron chi connectivity index (χ1n) is 13.1. The van der Waals surface area contributed by atoms with Crippen LogP contribution in [0.25, 0.3) is 27.8 Å². The highest BCUT2D eigenvalue weighted by molar-refractivity contribution is 7.89. The number of rotatable bonds is 6. The first kappa shape index (κ1) is 28.2. The number of carbonyl (C=O) groups excluding carboxylic acids is 1. The Morgan fingerprint density at radius 2 is 1.68 bits per heavy atom. The van der Waals surface area contributed by atoms with Gasteiger partial charge in [-0.3, -0.25) is 4.79 Å². The Bertz CT molecular complexity index is 1770. The van der Waals surface area contributed by atoms with E-state index in [1.807, 2.05) is 42.8 Å². The van der Waals surface area contributed by atoms with Gasteiger partial charge in [0.1, 0.15) is 17.3 Å². The lowest BCUT2D eigenvalue weighted by Gasteiger charge is -2.31. The number of nitriles is 1. The van der Waals surface area contributed by atoms with Gasteiger partial charge >= 0.3 is 0 Å². The van der Waals surface area contributed by atoms with Crippen molar-refractivity contribution in [3.05, 3.63) is 71.6 Å². The fourth-order valence-electron chi connectivity index (χ4n) is 5.07. The molecule has 1 aliphatic rings. The minimum Gasteiger partial charge on any atom is -0.371 e. The summed E-state index contributed by atoms with van der Waals surface area (Å²) in [4.78, 5) is 19.6. The summed E-state index contributed by atoms with van der Waals surface area (Å²) in [6.45, 7) is 5.36. The molecule has 9 nitrogen and oxygen atoms in total. The van der Waals surface area contributed by atoms with Crippen molar-refractivity contribution >= 4 is 32.7 Å². The second-order valence-corrected chi connectivity index (χ2v) is 12.2. The van der Waals surface area contributed by atoms with Crippen molar-refractivity contribution in [2.45, 2.75) is 32.6 Å². The van der Waals surface area contributed by atoms with Crippen LogP contribution in [-0.4, -0.2) is 48.4 Å². The van der Waals surface area contributed by atoms with Gasteiger partial charge in [0, 0.05) is 30.8 Å². The number of nitrogens with zero attached hydrogens (tertiary/aromatic N) is 5. The molecule has 41 heavy (non-hydrogen) atoms. The van der Waals surface area contributed by atoms with Gasteiger partial charge in [0.05, 0.1) is 29.1 Å². The molecule has 212 valence electrons. The molecule has 0 radical (unpaired) electrons. The fraction of sp³-hybridized carbons (Fsp3) is 0.310. The molecule has 2 aromatic carbocycles. The molecule has 0 spiro atoms. The zero-order valence-electron chi connectivity index (χ0n) is 22.7. The second-order valence-electron chi connectivity index (χ2n) is 10.5. The standard InChI is InChI=1S/C29H28F2N6O3S/c1-17(2)27-26-24(19-4-6-22(7-5-19)36-10-8-18(16-32)9-11-36)15-25(29(38)35-41(3,39)40)33-28(26)37(34-27)23-13-20(30)12-21(31)14-23/h4-7,12-15,17-18H,8-11H2,1-3H3,(H,35,38). The maximum Gasteiger partial charge on any atom is 0.283 e. The zero-order chi connectivity index (χ0) is 29.5. The Labute approximate surface area is 236 Å². The number of piperidine rings is 1. The zero-order valence-corrected chi connectivity index (χ0v) is 23.5. The molecule has 1 fully saturated rings. The topological polar surface area (TPSA) is 121 Å². The molecule has 0 saturated carbocycles. The average Bonchev–Trinajstić information content (AvgIpc) is 3.31. The Hall–Kier alpha value is -4.37. The lowest BCUT2D eigenvalue weighted by atomic mass is 9.96. The van der Waals surface area contributed by atoms with E-state index in [4.69, 9.17) is 0 Å². The Morgan fingerprint density at radius 1 is 1.05 bits per heavy atom. The second kappa shape index (κ2) is 10.9. The number of benzene rings is 2. The molecule has 1 aliphatic heterocycles. The van der Waals surface area contributed by atoms with Gasteiger partial charge < -0.3 is 4.90 Å². The predicted molar refractivity (Wildman–Crippen MR) is 151 cm³/mol. The summed E-state index contributed by atoms with van der Waals surface area (Å²) in [6, 6.07) is 14.5. The van der Waals surface area contributed by atoms with E-state index >= 15 is 0 Å². The first-order valence-corrected chi connectivity index (χ1v) is 15.0. The smallest absolute Gasteiger partial charge is 0.283 e. The predicted octanol–water partition coefficient (Wildman–Crippen LogP) is 4.92. The van der Waals surface area contributed by atoms with Crippen LogP contribution in [-0.2, 0) is 10.0 Å². The quantitative estimate of drug-likeness (QED) is 0.345. The summed E-state index contributed by atoms with van der Waals surface area (Å²) in [6.07, 6.45) is 2.44. The van der Waals surface area contributed by atoms with Crippen LogP contribution in [0.4, 0.5) is 14.5 Å². The average molecular weight is 579 g/mol. The van der Waals surface area contributed by atoms with E-state index in [0.29, 0.717) is 22.2 Å². The molecule has 0 atom stereocenters. The molecule has 3 heterocycles. The van der Waals surface area contributed by atoms with Crippen molar-refractivity contribution < 1.29 is 22.0 Å². The fourth-order valence-corrected chi connectivity index (χ4v) is 5.51. The highest BCUT2D eigenvalue weighted by Gasteiger charge is 2.25. The van der Waals surface area contributed by atoms with Crippen LogP contribution in [0.3, 0.4) is 0 Å². The molecule has 1 N–H and O–H groups in total. The number of aromatic nitrogens is 3. The molecule has 0 bridgehead atoms. The first-order chi connectivity index (χ1) is 19.4. The summed E-state index contributed by atoms with van der Waals surface area (Å²) in [5.74, 6) is -2.64. The number of hydrogen-bond acceptors (Lipinski definition) is 7. The Balaban J connectivity index is 1.69. The third-order valence-electron chi connectivity index (χ3n) is 7.04. The number of halogens is 2. The van der Waals surface area contributed by atoms with Gasteiger partial charge in [-0.1, -0.05) is 26.0 Å². The van der Waals surface area contributed by atoms with E-state index < -0.39 is 27.6 Å². The largest absolute Gasteiger partial charge is 0.371 e. The van der Waals surface area contributed by atoms with E-state index in [2.05, 4.69) is 21.1 Å². The number of hydrogen-bond donors (Lipinski definition) is 1. The van der Waals surface area contributed by atoms with Crippen LogP contribution >= 0.6 is 0 Å². The number of carbonyl (C=O) groups is 1.